The van der Waals surface area contributed by atoms with E-state index in [0.29, 0.717) is 0 Å². The lowest BCUT2D eigenvalue weighted by Crippen LogP contribution is -2.36. The van der Waals surface area contributed by atoms with Crippen molar-refractivity contribution in [2.75, 3.05) is 5.32 Å². The molecule has 0 spiro atoms. The molecule has 0 aliphatic heterocycles. The fourth-order valence-electron chi connectivity index (χ4n) is 2.05. The lowest BCUT2D eigenvalue weighted by molar-refractivity contribution is 0.248. The highest BCUT2D eigenvalue weighted by atomic mass is 19.2. The van der Waals surface area contributed by atoms with Gasteiger partial charge in [0, 0.05) is 23.9 Å². The third-order valence-electron chi connectivity index (χ3n) is 2.93. The van der Waals surface area contributed by atoms with Crippen molar-refractivity contribution in [1.82, 2.24) is 5.32 Å². The molecule has 0 atom stereocenters. The predicted molar refractivity (Wildman–Crippen MR) is 60.7 cm³/mol. The van der Waals surface area contributed by atoms with Gasteiger partial charge in [-0.1, -0.05) is 12.8 Å². The van der Waals surface area contributed by atoms with Crippen molar-refractivity contribution in [2.24, 2.45) is 0 Å². The normalized spacial score (nSPS) is 15.7. The minimum absolute atomic E-state index is 0.0974. The van der Waals surface area contributed by atoms with E-state index in [4.69, 9.17) is 0 Å². The molecule has 1 aliphatic rings. The summed E-state index contributed by atoms with van der Waals surface area (Å²) in [6.07, 6.45) is 3.93. The van der Waals surface area contributed by atoms with Crippen LogP contribution < -0.4 is 10.6 Å². The predicted octanol–water partition coefficient (Wildman–Crippen LogP) is 3.17. The summed E-state index contributed by atoms with van der Waals surface area (Å²) in [5.74, 6) is -4.20. The van der Waals surface area contributed by atoms with Gasteiger partial charge in [0.05, 0.1) is 0 Å². The second-order valence-electron chi connectivity index (χ2n) is 4.33. The van der Waals surface area contributed by atoms with Gasteiger partial charge in [0.1, 0.15) is 0 Å². The zero-order valence-corrected chi connectivity index (χ0v) is 9.60. The van der Waals surface area contributed by atoms with Crippen molar-refractivity contribution in [3.8, 4) is 0 Å². The summed E-state index contributed by atoms with van der Waals surface area (Å²) in [7, 11) is 0. The number of nitrogens with one attached hydrogen (secondary N) is 2. The van der Waals surface area contributed by atoms with Crippen LogP contribution in [0.2, 0.25) is 0 Å². The Morgan fingerprint density at radius 2 is 1.67 bits per heavy atom. The van der Waals surface area contributed by atoms with E-state index < -0.39 is 23.5 Å². The molecular formula is C12H13F3N2O. The van der Waals surface area contributed by atoms with Gasteiger partial charge in [-0.05, 0) is 12.8 Å². The summed E-state index contributed by atoms with van der Waals surface area (Å²) in [5.41, 5.74) is -0.109. The second-order valence-corrected chi connectivity index (χ2v) is 4.33. The number of carbonyl (C=O) groups excluding carboxylic acids is 1. The summed E-state index contributed by atoms with van der Waals surface area (Å²) in [6, 6.07) is 1.05. The zero-order valence-electron chi connectivity index (χ0n) is 9.60. The second kappa shape index (κ2) is 5.29. The van der Waals surface area contributed by atoms with Crippen LogP contribution >= 0.6 is 0 Å². The average molecular weight is 258 g/mol. The number of anilines is 1. The molecular weight excluding hydrogens is 245 g/mol. The Morgan fingerprint density at radius 1 is 1.11 bits per heavy atom. The van der Waals surface area contributed by atoms with Gasteiger partial charge in [0.2, 0.25) is 0 Å². The van der Waals surface area contributed by atoms with Gasteiger partial charge in [-0.25, -0.2) is 18.0 Å². The SMILES string of the molecule is O=C(Nc1cc(F)c(F)c(F)c1)NC1CCCC1. The monoisotopic (exact) mass is 258 g/mol. The van der Waals surface area contributed by atoms with Crippen LogP contribution in [0.1, 0.15) is 25.7 Å². The molecule has 1 aromatic rings. The number of urea groups is 1. The standard InChI is InChI=1S/C12H13F3N2O/c13-9-5-8(6-10(14)11(9)15)17-12(18)16-7-3-1-2-4-7/h5-7H,1-4H2,(H2,16,17,18). The molecule has 2 amide bonds. The Bertz CT molecular complexity index is 436. The maximum Gasteiger partial charge on any atom is 0.319 e. The smallest absolute Gasteiger partial charge is 0.319 e. The molecule has 98 valence electrons. The van der Waals surface area contributed by atoms with E-state index in [1.165, 1.54) is 0 Å². The number of hydrogen-bond donors (Lipinski definition) is 2. The highest BCUT2D eigenvalue weighted by molar-refractivity contribution is 5.89. The molecule has 0 unspecified atom stereocenters. The fourth-order valence-corrected chi connectivity index (χ4v) is 2.05. The van der Waals surface area contributed by atoms with Crippen LogP contribution in [0.3, 0.4) is 0 Å². The summed E-state index contributed by atoms with van der Waals surface area (Å²) >= 11 is 0. The maximum absolute atomic E-state index is 12.9. The first kappa shape index (κ1) is 12.7. The van der Waals surface area contributed by atoms with Gasteiger partial charge in [-0.15, -0.1) is 0 Å². The first-order valence-corrected chi connectivity index (χ1v) is 5.78. The van der Waals surface area contributed by atoms with Gasteiger partial charge in [-0.3, -0.25) is 0 Å². The van der Waals surface area contributed by atoms with Crippen molar-refractivity contribution >= 4 is 11.7 Å². The van der Waals surface area contributed by atoms with Crippen LogP contribution in [0.25, 0.3) is 0 Å². The van der Waals surface area contributed by atoms with E-state index in [-0.39, 0.29) is 11.7 Å². The molecule has 3 nitrogen and oxygen atoms in total. The minimum atomic E-state index is -1.54. The Labute approximate surface area is 102 Å². The highest BCUT2D eigenvalue weighted by Gasteiger charge is 2.18. The maximum atomic E-state index is 12.9. The Balaban J connectivity index is 1.98. The topological polar surface area (TPSA) is 41.1 Å². The van der Waals surface area contributed by atoms with E-state index in [9.17, 15) is 18.0 Å². The molecule has 2 rings (SSSR count). The molecule has 0 aromatic heterocycles. The van der Waals surface area contributed by atoms with Crippen molar-refractivity contribution < 1.29 is 18.0 Å². The van der Waals surface area contributed by atoms with Crippen molar-refractivity contribution in [3.05, 3.63) is 29.6 Å². The van der Waals surface area contributed by atoms with E-state index >= 15 is 0 Å². The van der Waals surface area contributed by atoms with Crippen LogP contribution in [-0.4, -0.2) is 12.1 Å². The van der Waals surface area contributed by atoms with E-state index in [1.54, 1.807) is 0 Å². The largest absolute Gasteiger partial charge is 0.335 e. The first-order chi connectivity index (χ1) is 8.56. The van der Waals surface area contributed by atoms with E-state index in [1.807, 2.05) is 0 Å². The molecule has 1 fully saturated rings. The molecule has 0 radical (unpaired) electrons. The Kier molecular flexibility index (Phi) is 3.74. The van der Waals surface area contributed by atoms with Crippen molar-refractivity contribution in [1.29, 1.82) is 0 Å². The first-order valence-electron chi connectivity index (χ1n) is 5.78. The van der Waals surface area contributed by atoms with Gasteiger partial charge >= 0.3 is 6.03 Å². The van der Waals surface area contributed by atoms with Crippen LogP contribution in [0.15, 0.2) is 12.1 Å². The molecule has 1 saturated carbocycles. The molecule has 6 heteroatoms. The molecule has 0 bridgehead atoms. The minimum Gasteiger partial charge on any atom is -0.335 e. The Hall–Kier alpha value is -1.72. The third kappa shape index (κ3) is 2.94. The lowest BCUT2D eigenvalue weighted by atomic mass is 10.2. The summed E-state index contributed by atoms with van der Waals surface area (Å²) in [5, 5.41) is 4.97. The summed E-state index contributed by atoms with van der Waals surface area (Å²) in [6.45, 7) is 0. The summed E-state index contributed by atoms with van der Waals surface area (Å²) in [4.78, 5) is 11.5. The molecule has 0 heterocycles. The van der Waals surface area contributed by atoms with E-state index in [0.717, 1.165) is 37.8 Å². The number of carbonyl (C=O) groups is 1. The van der Waals surface area contributed by atoms with Gasteiger partial charge in [0.25, 0.3) is 0 Å². The van der Waals surface area contributed by atoms with Crippen LogP contribution in [0, 0.1) is 17.5 Å². The molecule has 1 aromatic carbocycles. The number of amides is 2. The van der Waals surface area contributed by atoms with Crippen LogP contribution in [0.5, 0.6) is 0 Å². The third-order valence-corrected chi connectivity index (χ3v) is 2.93. The quantitative estimate of drug-likeness (QED) is 0.786. The van der Waals surface area contributed by atoms with Crippen molar-refractivity contribution in [2.45, 2.75) is 31.7 Å². The molecule has 18 heavy (non-hydrogen) atoms. The van der Waals surface area contributed by atoms with Crippen LogP contribution in [-0.2, 0) is 0 Å². The Morgan fingerprint density at radius 3 is 2.22 bits per heavy atom. The zero-order chi connectivity index (χ0) is 13.1. The molecule has 0 saturated heterocycles. The molecule has 2 N–H and O–H groups in total. The number of halogens is 3. The average Bonchev–Trinajstić information content (AvgIpc) is 2.78. The number of hydrogen-bond acceptors (Lipinski definition) is 1. The number of rotatable bonds is 2. The van der Waals surface area contributed by atoms with Gasteiger partial charge in [0.15, 0.2) is 17.5 Å². The highest BCUT2D eigenvalue weighted by Crippen LogP contribution is 2.19. The van der Waals surface area contributed by atoms with E-state index in [2.05, 4.69) is 10.6 Å². The van der Waals surface area contributed by atoms with Crippen molar-refractivity contribution in [3.63, 3.8) is 0 Å². The number of benzene rings is 1. The summed E-state index contributed by atoms with van der Waals surface area (Å²) < 4.78 is 38.5. The molecule has 1 aliphatic carbocycles. The van der Waals surface area contributed by atoms with Crippen LogP contribution in [0.4, 0.5) is 23.7 Å². The van der Waals surface area contributed by atoms with Gasteiger partial charge in [-0.2, -0.15) is 0 Å². The fraction of sp³-hybridized carbons (Fsp3) is 0.417. The van der Waals surface area contributed by atoms with Gasteiger partial charge < -0.3 is 10.6 Å². The lowest BCUT2D eigenvalue weighted by Gasteiger charge is -2.13.